The van der Waals surface area contributed by atoms with Crippen molar-refractivity contribution in [3.63, 3.8) is 0 Å². The van der Waals surface area contributed by atoms with E-state index in [-0.39, 0.29) is 11.9 Å². The van der Waals surface area contributed by atoms with Crippen molar-refractivity contribution in [1.82, 2.24) is 0 Å². The maximum absolute atomic E-state index is 6.01. The Morgan fingerprint density at radius 1 is 1.08 bits per heavy atom. The highest BCUT2D eigenvalue weighted by Crippen LogP contribution is 2.40. The first kappa shape index (κ1) is 8.21. The maximum Gasteiger partial charge on any atom is 0.168 e. The van der Waals surface area contributed by atoms with Crippen molar-refractivity contribution in [2.24, 2.45) is 0 Å². The van der Waals surface area contributed by atoms with Crippen molar-refractivity contribution in [2.45, 2.75) is 50.1 Å². The maximum atomic E-state index is 6.01. The lowest BCUT2D eigenvalue weighted by Gasteiger charge is -2.39. The molecule has 1 saturated carbocycles. The quantitative estimate of drug-likeness (QED) is 0.570. The fourth-order valence-electron chi connectivity index (χ4n) is 2.64. The number of fused-ring (bicyclic) bond motifs is 1. The van der Waals surface area contributed by atoms with Gasteiger partial charge in [0.15, 0.2) is 5.79 Å². The average Bonchev–Trinajstić information content (AvgIpc) is 2.74. The molecule has 0 bridgehead atoms. The third-order valence-corrected chi connectivity index (χ3v) is 3.39. The van der Waals surface area contributed by atoms with Gasteiger partial charge in [-0.2, -0.15) is 0 Å². The first-order valence-electron chi connectivity index (χ1n) is 5.31. The molecule has 3 heteroatoms. The topological polar surface area (TPSA) is 27.7 Å². The molecule has 1 aliphatic carbocycles. The minimum atomic E-state index is -0.213. The van der Waals surface area contributed by atoms with Gasteiger partial charge in [0.05, 0.1) is 12.7 Å². The molecule has 0 radical (unpaired) electrons. The van der Waals surface area contributed by atoms with E-state index in [2.05, 4.69) is 0 Å². The largest absolute Gasteiger partial charge is 0.373 e. The summed E-state index contributed by atoms with van der Waals surface area (Å²) >= 11 is 0. The van der Waals surface area contributed by atoms with Crippen LogP contribution in [0.15, 0.2) is 0 Å². The SMILES string of the molecule is C1CCC2(C1)OCC1OCCC1O2. The summed E-state index contributed by atoms with van der Waals surface area (Å²) in [5.41, 5.74) is 0. The monoisotopic (exact) mass is 184 g/mol. The summed E-state index contributed by atoms with van der Waals surface area (Å²) in [6, 6.07) is 0. The molecule has 3 aliphatic rings. The summed E-state index contributed by atoms with van der Waals surface area (Å²) < 4.78 is 17.3. The Labute approximate surface area is 78.3 Å². The molecule has 2 saturated heterocycles. The van der Waals surface area contributed by atoms with Gasteiger partial charge in [-0.25, -0.2) is 0 Å². The van der Waals surface area contributed by atoms with Gasteiger partial charge in [0.2, 0.25) is 0 Å². The van der Waals surface area contributed by atoms with Crippen LogP contribution in [-0.2, 0) is 14.2 Å². The predicted molar refractivity (Wildman–Crippen MR) is 46.4 cm³/mol. The van der Waals surface area contributed by atoms with Gasteiger partial charge >= 0.3 is 0 Å². The Morgan fingerprint density at radius 3 is 2.77 bits per heavy atom. The number of ether oxygens (including phenoxy) is 3. The van der Waals surface area contributed by atoms with E-state index in [1.165, 1.54) is 12.8 Å². The fourth-order valence-corrected chi connectivity index (χ4v) is 2.64. The van der Waals surface area contributed by atoms with Crippen LogP contribution in [0.3, 0.4) is 0 Å². The first-order valence-corrected chi connectivity index (χ1v) is 5.31. The molecule has 2 atom stereocenters. The van der Waals surface area contributed by atoms with E-state index >= 15 is 0 Å². The third-order valence-electron chi connectivity index (χ3n) is 3.39. The summed E-state index contributed by atoms with van der Waals surface area (Å²) in [4.78, 5) is 0. The second-order valence-electron chi connectivity index (χ2n) is 4.28. The smallest absolute Gasteiger partial charge is 0.168 e. The molecule has 1 spiro atoms. The standard InChI is InChI=1S/C10H16O3/c1-2-5-10(4-1)12-7-9-8(13-10)3-6-11-9/h8-9H,1-7H2. The van der Waals surface area contributed by atoms with Crippen molar-refractivity contribution >= 4 is 0 Å². The lowest BCUT2D eigenvalue weighted by Crippen LogP contribution is -2.48. The van der Waals surface area contributed by atoms with Crippen LogP contribution in [0.4, 0.5) is 0 Å². The fraction of sp³-hybridized carbons (Fsp3) is 1.00. The molecule has 3 fully saturated rings. The summed E-state index contributed by atoms with van der Waals surface area (Å²) in [6.45, 7) is 1.58. The van der Waals surface area contributed by atoms with Crippen LogP contribution in [0.1, 0.15) is 32.1 Å². The Morgan fingerprint density at radius 2 is 1.92 bits per heavy atom. The molecule has 0 aromatic carbocycles. The Kier molecular flexibility index (Phi) is 1.86. The van der Waals surface area contributed by atoms with E-state index in [0.29, 0.717) is 6.10 Å². The molecule has 74 valence electrons. The van der Waals surface area contributed by atoms with Gasteiger partial charge < -0.3 is 14.2 Å². The number of hydrogen-bond acceptors (Lipinski definition) is 3. The molecular weight excluding hydrogens is 168 g/mol. The molecule has 3 rings (SSSR count). The second-order valence-corrected chi connectivity index (χ2v) is 4.28. The molecule has 2 aliphatic heterocycles. The van der Waals surface area contributed by atoms with E-state index in [4.69, 9.17) is 14.2 Å². The summed E-state index contributed by atoms with van der Waals surface area (Å²) in [5, 5.41) is 0. The van der Waals surface area contributed by atoms with E-state index in [1.54, 1.807) is 0 Å². The van der Waals surface area contributed by atoms with Gasteiger partial charge in [-0.1, -0.05) is 0 Å². The van der Waals surface area contributed by atoms with Gasteiger partial charge in [0.25, 0.3) is 0 Å². The summed E-state index contributed by atoms with van der Waals surface area (Å²) in [5.74, 6) is -0.213. The van der Waals surface area contributed by atoms with E-state index in [9.17, 15) is 0 Å². The van der Waals surface area contributed by atoms with Crippen LogP contribution in [0.25, 0.3) is 0 Å². The third kappa shape index (κ3) is 1.30. The molecular formula is C10H16O3. The van der Waals surface area contributed by atoms with Crippen LogP contribution in [-0.4, -0.2) is 31.2 Å². The van der Waals surface area contributed by atoms with Crippen LogP contribution in [0.2, 0.25) is 0 Å². The highest BCUT2D eigenvalue weighted by Gasteiger charge is 2.46. The van der Waals surface area contributed by atoms with Crippen LogP contribution in [0, 0.1) is 0 Å². The highest BCUT2D eigenvalue weighted by molar-refractivity contribution is 4.88. The predicted octanol–water partition coefficient (Wildman–Crippen LogP) is 1.46. The van der Waals surface area contributed by atoms with E-state index in [0.717, 1.165) is 32.5 Å². The molecule has 0 N–H and O–H groups in total. The van der Waals surface area contributed by atoms with Crippen molar-refractivity contribution in [1.29, 1.82) is 0 Å². The van der Waals surface area contributed by atoms with Gasteiger partial charge in [0.1, 0.15) is 6.10 Å². The van der Waals surface area contributed by atoms with Crippen LogP contribution < -0.4 is 0 Å². The molecule has 0 aromatic heterocycles. The van der Waals surface area contributed by atoms with Gasteiger partial charge in [-0.3, -0.25) is 0 Å². The lowest BCUT2D eigenvalue weighted by atomic mass is 10.1. The summed E-state index contributed by atoms with van der Waals surface area (Å²) in [6.07, 6.45) is 6.23. The number of rotatable bonds is 0. The molecule has 3 nitrogen and oxygen atoms in total. The first-order chi connectivity index (χ1) is 6.38. The van der Waals surface area contributed by atoms with Crippen LogP contribution >= 0.6 is 0 Å². The zero-order valence-corrected chi connectivity index (χ0v) is 7.83. The zero-order chi connectivity index (χ0) is 8.73. The molecule has 2 heterocycles. The van der Waals surface area contributed by atoms with Gasteiger partial charge in [-0.15, -0.1) is 0 Å². The van der Waals surface area contributed by atoms with Crippen molar-refractivity contribution in [3.8, 4) is 0 Å². The average molecular weight is 184 g/mol. The number of hydrogen-bond donors (Lipinski definition) is 0. The van der Waals surface area contributed by atoms with Crippen LogP contribution in [0.5, 0.6) is 0 Å². The molecule has 0 amide bonds. The van der Waals surface area contributed by atoms with E-state index in [1.807, 2.05) is 0 Å². The normalized spacial score (nSPS) is 42.5. The van der Waals surface area contributed by atoms with Crippen molar-refractivity contribution in [3.05, 3.63) is 0 Å². The molecule has 2 unspecified atom stereocenters. The zero-order valence-electron chi connectivity index (χ0n) is 7.83. The highest BCUT2D eigenvalue weighted by atomic mass is 16.7. The Bertz CT molecular complexity index is 198. The summed E-state index contributed by atoms with van der Waals surface area (Å²) in [7, 11) is 0. The van der Waals surface area contributed by atoms with E-state index < -0.39 is 0 Å². The lowest BCUT2D eigenvalue weighted by molar-refractivity contribution is -0.306. The van der Waals surface area contributed by atoms with Gasteiger partial charge in [-0.05, 0) is 19.3 Å². The minimum absolute atomic E-state index is 0.213. The Hall–Kier alpha value is -0.120. The van der Waals surface area contributed by atoms with Crippen molar-refractivity contribution in [2.75, 3.05) is 13.2 Å². The molecule has 0 aromatic rings. The second kappa shape index (κ2) is 2.94. The molecule has 13 heavy (non-hydrogen) atoms. The minimum Gasteiger partial charge on any atom is -0.373 e. The van der Waals surface area contributed by atoms with Gasteiger partial charge in [0, 0.05) is 19.4 Å². The van der Waals surface area contributed by atoms with Crippen molar-refractivity contribution < 1.29 is 14.2 Å². The Balaban J connectivity index is 1.73.